The largest absolute Gasteiger partial charge is 0.351 e. The van der Waals surface area contributed by atoms with E-state index in [4.69, 9.17) is 0 Å². The van der Waals surface area contributed by atoms with Crippen molar-refractivity contribution in [2.24, 2.45) is 0 Å². The normalized spacial score (nSPS) is 17.0. The number of pyridine rings is 1. The van der Waals surface area contributed by atoms with Crippen LogP contribution in [-0.2, 0) is 0 Å². The second-order valence-corrected chi connectivity index (χ2v) is 6.53. The van der Waals surface area contributed by atoms with E-state index in [0.29, 0.717) is 23.2 Å². The summed E-state index contributed by atoms with van der Waals surface area (Å²) in [6.45, 7) is 3.82. The molecule has 3 heterocycles. The third-order valence-corrected chi connectivity index (χ3v) is 4.59. The Morgan fingerprint density at radius 1 is 1.41 bits per heavy atom. The van der Waals surface area contributed by atoms with Gasteiger partial charge in [-0.3, -0.25) is 9.52 Å². The van der Waals surface area contributed by atoms with Crippen LogP contribution in [0, 0.1) is 6.92 Å². The Morgan fingerprint density at radius 3 is 2.91 bits per heavy atom. The van der Waals surface area contributed by atoms with Gasteiger partial charge in [-0.1, -0.05) is 0 Å². The third kappa shape index (κ3) is 3.40. The maximum atomic E-state index is 11.7. The number of hydrogen-bond donors (Lipinski definition) is 3. The lowest BCUT2D eigenvalue weighted by Crippen LogP contribution is -2.37. The minimum absolute atomic E-state index is 0.102. The fourth-order valence-electron chi connectivity index (χ4n) is 2.57. The topological polar surface area (TPSA) is 85.9 Å². The zero-order valence-electron chi connectivity index (χ0n) is 12.7. The number of nitrogens with zero attached hydrogens (tertiary/aromatic N) is 3. The number of aryl methyl sites for hydroxylation is 1. The van der Waals surface area contributed by atoms with Gasteiger partial charge in [0.05, 0.1) is 0 Å². The predicted octanol–water partition coefficient (Wildman–Crippen LogP) is 1.29. The summed E-state index contributed by atoms with van der Waals surface area (Å²) >= 11 is 1.65. The molecule has 0 bridgehead atoms. The first-order valence-electron chi connectivity index (χ1n) is 7.37. The van der Waals surface area contributed by atoms with E-state index in [9.17, 15) is 4.79 Å². The van der Waals surface area contributed by atoms with Crippen molar-refractivity contribution in [3.63, 3.8) is 0 Å². The van der Waals surface area contributed by atoms with Gasteiger partial charge in [0.15, 0.2) is 0 Å². The van der Waals surface area contributed by atoms with E-state index in [-0.39, 0.29) is 5.56 Å². The van der Waals surface area contributed by atoms with Crippen LogP contribution < -0.4 is 15.6 Å². The van der Waals surface area contributed by atoms with Crippen LogP contribution in [-0.4, -0.2) is 45.4 Å². The number of H-pyrrole nitrogens is 1. The van der Waals surface area contributed by atoms with Crippen molar-refractivity contribution in [3.8, 4) is 0 Å². The maximum Gasteiger partial charge on any atom is 0.252 e. The molecule has 0 amide bonds. The molecule has 118 valence electrons. The molecule has 0 radical (unpaired) electrons. The first kappa shape index (κ1) is 15.3. The van der Waals surface area contributed by atoms with Crippen LogP contribution in [0.4, 0.5) is 5.95 Å². The zero-order valence-corrected chi connectivity index (χ0v) is 13.5. The molecule has 3 rings (SSSR count). The molecule has 1 saturated heterocycles. The number of aromatic nitrogens is 3. The monoisotopic (exact) mass is 320 g/mol. The van der Waals surface area contributed by atoms with Crippen LogP contribution in [0.25, 0.3) is 11.0 Å². The Kier molecular flexibility index (Phi) is 4.60. The van der Waals surface area contributed by atoms with Crippen LogP contribution in [0.2, 0.25) is 0 Å². The SMILES string of the molecule is CNSN1CCC(Nc2ncc3cc(C)c(=O)[nH]c3n2)CC1. The molecule has 7 nitrogen and oxygen atoms in total. The molecule has 0 atom stereocenters. The van der Waals surface area contributed by atoms with Crippen LogP contribution in [0.1, 0.15) is 18.4 Å². The molecule has 1 fully saturated rings. The van der Waals surface area contributed by atoms with Gasteiger partial charge in [-0.25, -0.2) is 9.29 Å². The Balaban J connectivity index is 1.69. The quantitative estimate of drug-likeness (QED) is 0.732. The number of aromatic amines is 1. The molecule has 22 heavy (non-hydrogen) atoms. The highest BCUT2D eigenvalue weighted by molar-refractivity contribution is 7.95. The molecule has 3 N–H and O–H groups in total. The predicted molar refractivity (Wildman–Crippen MR) is 89.8 cm³/mol. The van der Waals surface area contributed by atoms with Crippen molar-refractivity contribution in [1.29, 1.82) is 0 Å². The van der Waals surface area contributed by atoms with E-state index >= 15 is 0 Å². The highest BCUT2D eigenvalue weighted by Gasteiger charge is 2.19. The smallest absolute Gasteiger partial charge is 0.252 e. The number of rotatable bonds is 4. The van der Waals surface area contributed by atoms with E-state index in [1.54, 1.807) is 25.3 Å². The highest BCUT2D eigenvalue weighted by atomic mass is 32.2. The second kappa shape index (κ2) is 6.64. The summed E-state index contributed by atoms with van der Waals surface area (Å²) in [4.78, 5) is 23.2. The van der Waals surface area contributed by atoms with E-state index in [1.165, 1.54) is 0 Å². The summed E-state index contributed by atoms with van der Waals surface area (Å²) in [6.07, 6.45) is 3.83. The van der Waals surface area contributed by atoms with E-state index in [0.717, 1.165) is 31.3 Å². The number of anilines is 1. The van der Waals surface area contributed by atoms with Gasteiger partial charge in [-0.2, -0.15) is 4.98 Å². The van der Waals surface area contributed by atoms with Gasteiger partial charge in [0.1, 0.15) is 5.65 Å². The Labute approximate surface area is 133 Å². The molecule has 0 aliphatic carbocycles. The van der Waals surface area contributed by atoms with E-state index < -0.39 is 0 Å². The molecule has 0 unspecified atom stereocenters. The maximum absolute atomic E-state index is 11.7. The molecular weight excluding hydrogens is 300 g/mol. The molecule has 2 aromatic rings. The molecule has 1 aliphatic rings. The van der Waals surface area contributed by atoms with Crippen molar-refractivity contribution in [3.05, 3.63) is 28.2 Å². The summed E-state index contributed by atoms with van der Waals surface area (Å²) in [5, 5.41) is 4.22. The van der Waals surface area contributed by atoms with Crippen LogP contribution in [0.15, 0.2) is 17.1 Å². The minimum atomic E-state index is -0.102. The first-order chi connectivity index (χ1) is 10.7. The lowest BCUT2D eigenvalue weighted by molar-refractivity contribution is 0.356. The number of hydrogen-bond acceptors (Lipinski definition) is 7. The molecule has 0 saturated carbocycles. The van der Waals surface area contributed by atoms with E-state index in [1.807, 2.05) is 13.1 Å². The van der Waals surface area contributed by atoms with Gasteiger partial charge in [0.25, 0.3) is 5.56 Å². The average molecular weight is 320 g/mol. The van der Waals surface area contributed by atoms with Crippen molar-refractivity contribution < 1.29 is 0 Å². The van der Waals surface area contributed by atoms with Gasteiger partial charge in [0, 0.05) is 48.4 Å². The number of piperidine rings is 1. The molecule has 0 spiro atoms. The summed E-state index contributed by atoms with van der Waals surface area (Å²) in [7, 11) is 1.93. The molecular formula is C14H20N6OS. The van der Waals surface area contributed by atoms with Crippen LogP contribution in [0.3, 0.4) is 0 Å². The number of nitrogens with one attached hydrogen (secondary N) is 3. The van der Waals surface area contributed by atoms with Crippen molar-refractivity contribution in [2.45, 2.75) is 25.8 Å². The zero-order chi connectivity index (χ0) is 15.5. The third-order valence-electron chi connectivity index (χ3n) is 3.79. The van der Waals surface area contributed by atoms with Gasteiger partial charge >= 0.3 is 0 Å². The van der Waals surface area contributed by atoms with Crippen molar-refractivity contribution in [2.75, 3.05) is 25.5 Å². The van der Waals surface area contributed by atoms with E-state index in [2.05, 4.69) is 29.3 Å². The van der Waals surface area contributed by atoms with Gasteiger partial charge < -0.3 is 10.3 Å². The standard InChI is InChI=1S/C14H20N6OS/c1-9-7-10-8-16-14(19-12(10)18-13(9)21)17-11-3-5-20(6-4-11)22-15-2/h7-8,11,15H,3-6H2,1-2H3,(H2,16,17,18,19,21). The Morgan fingerprint density at radius 2 is 2.18 bits per heavy atom. The lowest BCUT2D eigenvalue weighted by Gasteiger charge is -2.30. The van der Waals surface area contributed by atoms with Crippen molar-refractivity contribution >= 4 is 29.1 Å². The van der Waals surface area contributed by atoms with Crippen molar-refractivity contribution in [1.82, 2.24) is 24.0 Å². The summed E-state index contributed by atoms with van der Waals surface area (Å²) in [6, 6.07) is 2.18. The summed E-state index contributed by atoms with van der Waals surface area (Å²) in [5.74, 6) is 0.576. The minimum Gasteiger partial charge on any atom is -0.351 e. The molecule has 8 heteroatoms. The summed E-state index contributed by atoms with van der Waals surface area (Å²) < 4.78 is 5.40. The Bertz CT molecular complexity index is 710. The highest BCUT2D eigenvalue weighted by Crippen LogP contribution is 2.19. The molecule has 1 aliphatic heterocycles. The Hall–Kier alpha value is -1.64. The fourth-order valence-corrected chi connectivity index (χ4v) is 3.23. The first-order valence-corrected chi connectivity index (χ1v) is 8.15. The molecule has 0 aromatic carbocycles. The average Bonchev–Trinajstić information content (AvgIpc) is 2.51. The lowest BCUT2D eigenvalue weighted by atomic mass is 10.1. The van der Waals surface area contributed by atoms with Crippen LogP contribution in [0.5, 0.6) is 0 Å². The fraction of sp³-hybridized carbons (Fsp3) is 0.500. The number of fused-ring (bicyclic) bond motifs is 1. The van der Waals surface area contributed by atoms with Gasteiger partial charge in [-0.15, -0.1) is 0 Å². The van der Waals surface area contributed by atoms with Gasteiger partial charge in [-0.05, 0) is 32.9 Å². The summed E-state index contributed by atoms with van der Waals surface area (Å²) in [5.41, 5.74) is 1.15. The second-order valence-electron chi connectivity index (χ2n) is 5.42. The molecule has 2 aromatic heterocycles. The van der Waals surface area contributed by atoms with Crippen LogP contribution >= 0.6 is 12.1 Å². The van der Waals surface area contributed by atoms with Gasteiger partial charge in [0.2, 0.25) is 5.95 Å².